The van der Waals surface area contributed by atoms with E-state index in [1.807, 2.05) is 12.1 Å². The van der Waals surface area contributed by atoms with E-state index in [1.54, 1.807) is 4.68 Å². The lowest BCUT2D eigenvalue weighted by molar-refractivity contribution is 0.287. The molecule has 0 N–H and O–H groups in total. The minimum Gasteiger partial charge on any atom is -0.308 e. The van der Waals surface area contributed by atoms with Gasteiger partial charge in [-0.05, 0) is 19.2 Å². The average molecular weight is 301 g/mol. The van der Waals surface area contributed by atoms with Crippen LogP contribution in [0.4, 0.5) is 8.78 Å². The summed E-state index contributed by atoms with van der Waals surface area (Å²) in [7, 11) is 2.03. The molecule has 3 rings (SSSR count). The number of aromatic nitrogens is 2. The van der Waals surface area contributed by atoms with Crippen molar-refractivity contribution in [3.63, 3.8) is 0 Å². The number of benzene rings is 1. The summed E-state index contributed by atoms with van der Waals surface area (Å²) in [4.78, 5) is 6.48. The fourth-order valence-corrected chi connectivity index (χ4v) is 2.70. The Labute approximate surface area is 120 Å². The van der Waals surface area contributed by atoms with Gasteiger partial charge in [0.05, 0.1) is 11.4 Å². The highest BCUT2D eigenvalue weighted by Gasteiger charge is 2.23. The van der Waals surface area contributed by atoms with Gasteiger partial charge in [-0.1, -0.05) is 0 Å². The summed E-state index contributed by atoms with van der Waals surface area (Å²) in [6, 6.07) is 2.58. The Balaban J connectivity index is 2.14. The fourth-order valence-electron chi connectivity index (χ4n) is 2.52. The maximum atomic E-state index is 14.1. The molecular weight excluding hydrogens is 286 g/mol. The molecule has 4 nitrogen and oxygen atoms in total. The van der Waals surface area contributed by atoms with Gasteiger partial charge >= 0.3 is 0 Å². The number of alkyl halides is 1. The first-order valence-electron chi connectivity index (χ1n) is 6.47. The Morgan fingerprint density at radius 1 is 1.20 bits per heavy atom. The molecule has 2 heterocycles. The summed E-state index contributed by atoms with van der Waals surface area (Å²) in [5.74, 6) is -1.04. The van der Waals surface area contributed by atoms with Crippen molar-refractivity contribution in [3.05, 3.63) is 29.6 Å². The van der Waals surface area contributed by atoms with Crippen LogP contribution in [-0.2, 0) is 5.88 Å². The summed E-state index contributed by atoms with van der Waals surface area (Å²) >= 11 is 5.91. The maximum Gasteiger partial charge on any atom is 0.186 e. The molecule has 1 fully saturated rings. The summed E-state index contributed by atoms with van der Waals surface area (Å²) in [5.41, 5.74) is 0.601. The van der Waals surface area contributed by atoms with Gasteiger partial charge in [-0.3, -0.25) is 0 Å². The van der Waals surface area contributed by atoms with Crippen molar-refractivity contribution in [1.82, 2.24) is 14.6 Å². The van der Waals surface area contributed by atoms with Crippen molar-refractivity contribution < 1.29 is 8.78 Å². The van der Waals surface area contributed by atoms with Crippen molar-refractivity contribution in [2.45, 2.75) is 5.88 Å². The van der Waals surface area contributed by atoms with E-state index in [1.165, 1.54) is 6.07 Å². The number of imidazole rings is 1. The third-order valence-corrected chi connectivity index (χ3v) is 3.87. The lowest BCUT2D eigenvalue weighted by Gasteiger charge is -2.35. The van der Waals surface area contributed by atoms with E-state index in [0.29, 0.717) is 11.3 Å². The number of piperazine rings is 1. The van der Waals surface area contributed by atoms with Crippen LogP contribution in [0.2, 0.25) is 0 Å². The molecule has 0 spiro atoms. The molecular formula is C13H15ClF2N4. The van der Waals surface area contributed by atoms with E-state index in [2.05, 4.69) is 9.88 Å². The van der Waals surface area contributed by atoms with E-state index in [9.17, 15) is 8.78 Å². The molecule has 20 heavy (non-hydrogen) atoms. The molecule has 0 saturated carbocycles. The highest BCUT2D eigenvalue weighted by atomic mass is 35.5. The predicted octanol–water partition coefficient (Wildman–Crippen LogP) is 1.94. The standard InChI is InChI=1S/C13H15ClF2N4/c1-18-4-6-19(7-5-18)20-11(8-14)17-10-3-2-9(15)12(16)13(10)20/h2-3H,4-8H2,1H3. The number of hydrogen-bond acceptors (Lipinski definition) is 3. The molecule has 0 aliphatic carbocycles. The highest BCUT2D eigenvalue weighted by molar-refractivity contribution is 6.16. The third kappa shape index (κ3) is 2.13. The number of nitrogens with zero attached hydrogens (tertiary/aromatic N) is 4. The maximum absolute atomic E-state index is 14.1. The molecule has 1 aliphatic heterocycles. The van der Waals surface area contributed by atoms with E-state index < -0.39 is 11.6 Å². The van der Waals surface area contributed by atoms with Gasteiger partial charge in [-0.15, -0.1) is 11.6 Å². The second-order valence-corrected chi connectivity index (χ2v) is 5.23. The van der Waals surface area contributed by atoms with E-state index in [0.717, 1.165) is 32.2 Å². The lowest BCUT2D eigenvalue weighted by Crippen LogP contribution is -2.50. The van der Waals surface area contributed by atoms with Crippen LogP contribution in [0.15, 0.2) is 12.1 Å². The van der Waals surface area contributed by atoms with Crippen LogP contribution in [0.5, 0.6) is 0 Å². The zero-order valence-corrected chi connectivity index (χ0v) is 11.9. The molecule has 7 heteroatoms. The molecule has 0 amide bonds. The number of likely N-dealkylation sites (N-methyl/N-ethyl adjacent to an activating group) is 1. The first kappa shape index (κ1) is 13.6. The lowest BCUT2D eigenvalue weighted by atomic mass is 10.3. The summed E-state index contributed by atoms with van der Waals surface area (Å²) in [5, 5.41) is 1.97. The third-order valence-electron chi connectivity index (χ3n) is 3.64. The predicted molar refractivity (Wildman–Crippen MR) is 74.7 cm³/mol. The van der Waals surface area contributed by atoms with Crippen molar-refractivity contribution in [3.8, 4) is 0 Å². The van der Waals surface area contributed by atoms with Gasteiger partial charge in [-0.2, -0.15) is 0 Å². The fraction of sp³-hybridized carbons (Fsp3) is 0.462. The molecule has 0 unspecified atom stereocenters. The molecule has 0 bridgehead atoms. The van der Waals surface area contributed by atoms with Gasteiger partial charge in [0.1, 0.15) is 11.3 Å². The van der Waals surface area contributed by atoms with E-state index in [-0.39, 0.29) is 11.4 Å². The van der Waals surface area contributed by atoms with Crippen LogP contribution in [-0.4, -0.2) is 47.8 Å². The van der Waals surface area contributed by atoms with E-state index in [4.69, 9.17) is 11.6 Å². The quantitative estimate of drug-likeness (QED) is 0.792. The van der Waals surface area contributed by atoms with Crippen LogP contribution in [0, 0.1) is 11.6 Å². The average Bonchev–Trinajstić information content (AvgIpc) is 2.83. The first-order chi connectivity index (χ1) is 9.61. The normalized spacial score (nSPS) is 17.1. The number of halogens is 3. The van der Waals surface area contributed by atoms with Crippen molar-refractivity contribution in [2.24, 2.45) is 0 Å². The summed E-state index contributed by atoms with van der Waals surface area (Å²) in [6.07, 6.45) is 0. The van der Waals surface area contributed by atoms with Gasteiger partial charge in [0.25, 0.3) is 0 Å². The van der Waals surface area contributed by atoms with Gasteiger partial charge in [0.2, 0.25) is 0 Å². The van der Waals surface area contributed by atoms with Crippen LogP contribution in [0.3, 0.4) is 0 Å². The Morgan fingerprint density at radius 2 is 1.90 bits per heavy atom. The van der Waals surface area contributed by atoms with Gasteiger partial charge < -0.3 is 9.91 Å². The zero-order chi connectivity index (χ0) is 14.3. The molecule has 1 aromatic heterocycles. The minimum absolute atomic E-state index is 0.155. The number of fused-ring (bicyclic) bond motifs is 1. The Morgan fingerprint density at radius 3 is 2.55 bits per heavy atom. The molecule has 1 aromatic carbocycles. The molecule has 0 atom stereocenters. The largest absolute Gasteiger partial charge is 0.308 e. The van der Waals surface area contributed by atoms with Crippen LogP contribution >= 0.6 is 11.6 Å². The Kier molecular flexibility index (Phi) is 3.52. The molecule has 1 saturated heterocycles. The minimum atomic E-state index is -0.870. The van der Waals surface area contributed by atoms with Crippen LogP contribution in [0.25, 0.3) is 11.0 Å². The SMILES string of the molecule is CN1CCN(n2c(CCl)nc3ccc(F)c(F)c32)CC1. The van der Waals surface area contributed by atoms with Crippen LogP contribution < -0.4 is 5.01 Å². The van der Waals surface area contributed by atoms with Crippen LogP contribution in [0.1, 0.15) is 5.82 Å². The van der Waals surface area contributed by atoms with E-state index >= 15 is 0 Å². The second-order valence-electron chi connectivity index (χ2n) is 4.96. The van der Waals surface area contributed by atoms with Crippen molar-refractivity contribution in [1.29, 1.82) is 0 Å². The van der Waals surface area contributed by atoms with Crippen molar-refractivity contribution >= 4 is 22.6 Å². The molecule has 108 valence electrons. The van der Waals surface area contributed by atoms with Crippen molar-refractivity contribution in [2.75, 3.05) is 38.2 Å². The van der Waals surface area contributed by atoms with Gasteiger partial charge in [-0.25, -0.2) is 18.4 Å². The Hall–Kier alpha value is -1.40. The highest BCUT2D eigenvalue weighted by Crippen LogP contribution is 2.23. The Bertz CT molecular complexity index is 635. The molecule has 0 radical (unpaired) electrons. The molecule has 1 aliphatic rings. The second kappa shape index (κ2) is 5.18. The summed E-state index contributed by atoms with van der Waals surface area (Å²) in [6.45, 7) is 3.17. The number of hydrogen-bond donors (Lipinski definition) is 0. The first-order valence-corrected chi connectivity index (χ1v) is 7.00. The topological polar surface area (TPSA) is 24.3 Å². The number of rotatable bonds is 2. The summed E-state index contributed by atoms with van der Waals surface area (Å²) < 4.78 is 29.3. The zero-order valence-electron chi connectivity index (χ0n) is 11.1. The molecule has 2 aromatic rings. The monoisotopic (exact) mass is 300 g/mol. The van der Waals surface area contributed by atoms with Gasteiger partial charge in [0.15, 0.2) is 11.6 Å². The smallest absolute Gasteiger partial charge is 0.186 e. The van der Waals surface area contributed by atoms with Gasteiger partial charge in [0, 0.05) is 26.2 Å².